The molecular formula is C7H6I2O3. The van der Waals surface area contributed by atoms with E-state index in [1.807, 2.05) is 45.2 Å². The van der Waals surface area contributed by atoms with Gasteiger partial charge in [0.15, 0.2) is 11.5 Å². The topological polar surface area (TPSA) is 49.7 Å². The van der Waals surface area contributed by atoms with Crippen LogP contribution in [0.1, 0.15) is 0 Å². The molecule has 1 rings (SSSR count). The van der Waals surface area contributed by atoms with Crippen molar-refractivity contribution in [1.29, 1.82) is 0 Å². The van der Waals surface area contributed by atoms with Gasteiger partial charge in [0.25, 0.3) is 0 Å². The quantitative estimate of drug-likeness (QED) is 0.570. The monoisotopic (exact) mass is 392 g/mol. The molecule has 1 aromatic carbocycles. The Hall–Kier alpha value is 0.0800. The highest BCUT2D eigenvalue weighted by atomic mass is 127. The Morgan fingerprint density at radius 3 is 2.42 bits per heavy atom. The van der Waals surface area contributed by atoms with Crippen LogP contribution < -0.4 is 4.74 Å². The lowest BCUT2D eigenvalue weighted by molar-refractivity contribution is 0.363. The SMILES string of the molecule is COc1c(O)c(I)cc(O)c1I. The molecule has 0 heterocycles. The Kier molecular flexibility index (Phi) is 3.27. The van der Waals surface area contributed by atoms with Crippen molar-refractivity contribution in [2.24, 2.45) is 0 Å². The molecule has 3 nitrogen and oxygen atoms in total. The highest BCUT2D eigenvalue weighted by molar-refractivity contribution is 14.1. The van der Waals surface area contributed by atoms with Crippen molar-refractivity contribution in [3.05, 3.63) is 13.2 Å². The van der Waals surface area contributed by atoms with E-state index in [9.17, 15) is 10.2 Å². The van der Waals surface area contributed by atoms with Crippen LogP contribution in [0.3, 0.4) is 0 Å². The first-order chi connectivity index (χ1) is 5.57. The zero-order chi connectivity index (χ0) is 9.30. The summed E-state index contributed by atoms with van der Waals surface area (Å²) in [5.41, 5.74) is 0. The third kappa shape index (κ3) is 1.70. The minimum Gasteiger partial charge on any atom is -0.507 e. The fraction of sp³-hybridized carbons (Fsp3) is 0.143. The summed E-state index contributed by atoms with van der Waals surface area (Å²) in [7, 11) is 1.45. The Labute approximate surface area is 97.0 Å². The Morgan fingerprint density at radius 1 is 1.33 bits per heavy atom. The van der Waals surface area contributed by atoms with Crippen LogP contribution in [0.2, 0.25) is 0 Å². The molecule has 0 aliphatic heterocycles. The second kappa shape index (κ2) is 3.86. The Balaban J connectivity index is 3.42. The highest BCUT2D eigenvalue weighted by Gasteiger charge is 2.14. The third-order valence-corrected chi connectivity index (χ3v) is 3.20. The van der Waals surface area contributed by atoms with Crippen molar-refractivity contribution >= 4 is 45.2 Å². The van der Waals surface area contributed by atoms with Crippen LogP contribution in [-0.2, 0) is 0 Å². The van der Waals surface area contributed by atoms with E-state index in [1.54, 1.807) is 0 Å². The summed E-state index contributed by atoms with van der Waals surface area (Å²) < 4.78 is 6.01. The van der Waals surface area contributed by atoms with E-state index in [1.165, 1.54) is 13.2 Å². The summed E-state index contributed by atoms with van der Waals surface area (Å²) in [6.07, 6.45) is 0. The van der Waals surface area contributed by atoms with Crippen LogP contribution in [0.5, 0.6) is 17.2 Å². The van der Waals surface area contributed by atoms with Gasteiger partial charge in [-0.15, -0.1) is 0 Å². The van der Waals surface area contributed by atoms with E-state index in [-0.39, 0.29) is 11.5 Å². The van der Waals surface area contributed by atoms with Gasteiger partial charge in [0.05, 0.1) is 10.7 Å². The summed E-state index contributed by atoms with van der Waals surface area (Å²) in [6.45, 7) is 0. The summed E-state index contributed by atoms with van der Waals surface area (Å²) >= 11 is 3.83. The average Bonchev–Trinajstić information content (AvgIpc) is 2.02. The largest absolute Gasteiger partial charge is 0.507 e. The molecule has 0 fully saturated rings. The molecule has 0 aliphatic carbocycles. The van der Waals surface area contributed by atoms with Gasteiger partial charge in [-0.2, -0.15) is 0 Å². The van der Waals surface area contributed by atoms with Gasteiger partial charge in [-0.1, -0.05) is 0 Å². The zero-order valence-electron chi connectivity index (χ0n) is 6.14. The molecule has 0 atom stereocenters. The highest BCUT2D eigenvalue weighted by Crippen LogP contribution is 2.40. The number of ether oxygens (including phenoxy) is 1. The maximum absolute atomic E-state index is 9.45. The summed E-state index contributed by atoms with van der Waals surface area (Å²) in [6, 6.07) is 1.49. The van der Waals surface area contributed by atoms with E-state index in [0.29, 0.717) is 12.9 Å². The minimum absolute atomic E-state index is 0.0697. The van der Waals surface area contributed by atoms with Gasteiger partial charge in [-0.3, -0.25) is 0 Å². The van der Waals surface area contributed by atoms with Gasteiger partial charge in [-0.05, 0) is 51.2 Å². The van der Waals surface area contributed by atoms with Crippen LogP contribution in [0.25, 0.3) is 0 Å². The predicted octanol–water partition coefficient (Wildman–Crippen LogP) is 2.32. The normalized spacial score (nSPS) is 9.92. The molecule has 12 heavy (non-hydrogen) atoms. The van der Waals surface area contributed by atoms with Crippen LogP contribution in [0.15, 0.2) is 6.07 Å². The first-order valence-corrected chi connectivity index (χ1v) is 5.17. The van der Waals surface area contributed by atoms with Crippen molar-refractivity contribution in [1.82, 2.24) is 0 Å². The van der Waals surface area contributed by atoms with Gasteiger partial charge in [-0.25, -0.2) is 0 Å². The van der Waals surface area contributed by atoms with Crippen molar-refractivity contribution in [2.45, 2.75) is 0 Å². The Bertz CT molecular complexity index is 286. The number of hydrogen-bond acceptors (Lipinski definition) is 3. The second-order valence-corrected chi connectivity index (χ2v) is 4.31. The van der Waals surface area contributed by atoms with E-state index in [0.717, 1.165) is 0 Å². The molecule has 0 unspecified atom stereocenters. The molecule has 0 radical (unpaired) electrons. The fourth-order valence-corrected chi connectivity index (χ4v) is 1.94. The number of phenols is 2. The Morgan fingerprint density at radius 2 is 1.92 bits per heavy atom. The van der Waals surface area contributed by atoms with Gasteiger partial charge >= 0.3 is 0 Å². The van der Waals surface area contributed by atoms with E-state index in [2.05, 4.69) is 0 Å². The molecule has 0 aromatic heterocycles. The number of aromatic hydroxyl groups is 2. The standard InChI is InChI=1S/C7H6I2O3/c1-12-7-5(9)4(10)2-3(8)6(7)11/h2,10-11H,1H3. The summed E-state index contributed by atoms with van der Waals surface area (Å²) in [5, 5.41) is 18.8. The van der Waals surface area contributed by atoms with Crippen molar-refractivity contribution in [3.63, 3.8) is 0 Å². The van der Waals surface area contributed by atoms with Crippen molar-refractivity contribution in [2.75, 3.05) is 7.11 Å². The number of halogens is 2. The number of benzene rings is 1. The number of methoxy groups -OCH3 is 1. The first-order valence-electron chi connectivity index (χ1n) is 3.01. The average molecular weight is 392 g/mol. The smallest absolute Gasteiger partial charge is 0.178 e. The molecule has 2 N–H and O–H groups in total. The van der Waals surface area contributed by atoms with E-state index < -0.39 is 0 Å². The predicted molar refractivity (Wildman–Crippen MR) is 61.8 cm³/mol. The third-order valence-electron chi connectivity index (χ3n) is 1.33. The molecule has 0 aliphatic rings. The van der Waals surface area contributed by atoms with Crippen LogP contribution in [0, 0.1) is 7.14 Å². The molecular weight excluding hydrogens is 386 g/mol. The zero-order valence-corrected chi connectivity index (χ0v) is 10.5. The molecule has 0 amide bonds. The number of rotatable bonds is 1. The van der Waals surface area contributed by atoms with Gasteiger partial charge in [0.2, 0.25) is 0 Å². The molecule has 0 bridgehead atoms. The fourth-order valence-electron chi connectivity index (χ4n) is 0.767. The lowest BCUT2D eigenvalue weighted by atomic mass is 10.3. The number of hydrogen-bond donors (Lipinski definition) is 2. The van der Waals surface area contributed by atoms with E-state index >= 15 is 0 Å². The summed E-state index contributed by atoms with van der Waals surface area (Å²) in [4.78, 5) is 0. The summed E-state index contributed by atoms with van der Waals surface area (Å²) in [5.74, 6) is 0.509. The molecule has 0 saturated carbocycles. The van der Waals surface area contributed by atoms with Gasteiger partial charge in [0, 0.05) is 0 Å². The van der Waals surface area contributed by atoms with E-state index in [4.69, 9.17) is 4.74 Å². The van der Waals surface area contributed by atoms with Crippen molar-refractivity contribution < 1.29 is 14.9 Å². The molecule has 1 aromatic rings. The van der Waals surface area contributed by atoms with Gasteiger partial charge in [0.1, 0.15) is 9.32 Å². The van der Waals surface area contributed by atoms with Crippen molar-refractivity contribution in [3.8, 4) is 17.2 Å². The molecule has 5 heteroatoms. The lowest BCUT2D eigenvalue weighted by Gasteiger charge is -2.08. The lowest BCUT2D eigenvalue weighted by Crippen LogP contribution is -1.90. The minimum atomic E-state index is 0.0697. The van der Waals surface area contributed by atoms with Crippen LogP contribution >= 0.6 is 45.2 Å². The first kappa shape index (κ1) is 10.2. The van der Waals surface area contributed by atoms with Crippen LogP contribution in [0.4, 0.5) is 0 Å². The van der Waals surface area contributed by atoms with Gasteiger partial charge < -0.3 is 14.9 Å². The number of phenolic OH excluding ortho intramolecular Hbond substituents is 2. The molecule has 0 spiro atoms. The maximum atomic E-state index is 9.45. The molecule has 66 valence electrons. The second-order valence-electron chi connectivity index (χ2n) is 2.07. The maximum Gasteiger partial charge on any atom is 0.178 e. The molecule has 0 saturated heterocycles. The van der Waals surface area contributed by atoms with Crippen LogP contribution in [-0.4, -0.2) is 17.3 Å².